The Morgan fingerprint density at radius 3 is 3.00 bits per heavy atom. The Bertz CT molecular complexity index is 665. The van der Waals surface area contributed by atoms with Crippen molar-refractivity contribution in [1.29, 1.82) is 0 Å². The zero-order chi connectivity index (χ0) is 13.8. The first-order chi connectivity index (χ1) is 9.10. The van der Waals surface area contributed by atoms with E-state index < -0.39 is 0 Å². The molecule has 7 heteroatoms. The summed E-state index contributed by atoms with van der Waals surface area (Å²) in [6.45, 7) is 2.44. The lowest BCUT2D eigenvalue weighted by atomic mass is 10.2. The van der Waals surface area contributed by atoms with Crippen LogP contribution >= 0.6 is 0 Å². The summed E-state index contributed by atoms with van der Waals surface area (Å²) >= 11 is 0. The lowest BCUT2D eigenvalue weighted by molar-refractivity contribution is -0.119. The van der Waals surface area contributed by atoms with Gasteiger partial charge in [0.15, 0.2) is 0 Å². The standard InChI is InChI=1S/C12H15N5O2/c1-2-14-10(18)6-15-12-16-9-4-3-7(13)5-8(9)11(19)17-12/h3-5H,2,6,13H2,1H3,(H,14,18)(H2,15,16,17,19). The molecule has 1 aromatic carbocycles. The van der Waals surface area contributed by atoms with Crippen molar-refractivity contribution in [2.45, 2.75) is 6.92 Å². The van der Waals surface area contributed by atoms with E-state index in [2.05, 4.69) is 20.6 Å². The Morgan fingerprint density at radius 2 is 2.26 bits per heavy atom. The van der Waals surface area contributed by atoms with Gasteiger partial charge in [-0.1, -0.05) is 0 Å². The summed E-state index contributed by atoms with van der Waals surface area (Å²) in [6.07, 6.45) is 0. The average molecular weight is 261 g/mol. The third-order valence-electron chi connectivity index (χ3n) is 2.52. The summed E-state index contributed by atoms with van der Waals surface area (Å²) in [6, 6.07) is 4.90. The van der Waals surface area contributed by atoms with Gasteiger partial charge >= 0.3 is 0 Å². The van der Waals surface area contributed by atoms with Gasteiger partial charge in [0.25, 0.3) is 5.56 Å². The van der Waals surface area contributed by atoms with E-state index in [1.165, 1.54) is 0 Å². The maximum atomic E-state index is 11.8. The Balaban J connectivity index is 2.24. The van der Waals surface area contributed by atoms with Crippen LogP contribution in [0.15, 0.2) is 23.0 Å². The van der Waals surface area contributed by atoms with Crippen molar-refractivity contribution in [2.75, 3.05) is 24.1 Å². The zero-order valence-electron chi connectivity index (χ0n) is 10.5. The molecule has 0 fully saturated rings. The van der Waals surface area contributed by atoms with Crippen molar-refractivity contribution < 1.29 is 4.79 Å². The molecule has 0 aliphatic carbocycles. The molecule has 0 radical (unpaired) electrons. The van der Waals surface area contributed by atoms with Crippen molar-refractivity contribution >= 4 is 28.4 Å². The molecule has 0 atom stereocenters. The first kappa shape index (κ1) is 12.9. The van der Waals surface area contributed by atoms with E-state index in [9.17, 15) is 9.59 Å². The van der Waals surface area contributed by atoms with Crippen LogP contribution in [0.5, 0.6) is 0 Å². The number of aromatic nitrogens is 2. The minimum absolute atomic E-state index is 0.0528. The van der Waals surface area contributed by atoms with Gasteiger partial charge in [-0.05, 0) is 25.1 Å². The number of benzene rings is 1. The average Bonchev–Trinajstić information content (AvgIpc) is 2.38. The smallest absolute Gasteiger partial charge is 0.260 e. The third-order valence-corrected chi connectivity index (χ3v) is 2.52. The number of aromatic amines is 1. The molecule has 0 aliphatic heterocycles. The van der Waals surface area contributed by atoms with E-state index in [1.54, 1.807) is 18.2 Å². The van der Waals surface area contributed by atoms with Crippen molar-refractivity contribution in [3.05, 3.63) is 28.6 Å². The fraction of sp³-hybridized carbons (Fsp3) is 0.250. The number of nitrogens with one attached hydrogen (secondary N) is 3. The van der Waals surface area contributed by atoms with E-state index >= 15 is 0 Å². The summed E-state index contributed by atoms with van der Waals surface area (Å²) < 4.78 is 0. The van der Waals surface area contributed by atoms with Gasteiger partial charge in [0.1, 0.15) is 0 Å². The van der Waals surface area contributed by atoms with Crippen LogP contribution in [0.2, 0.25) is 0 Å². The molecule has 7 nitrogen and oxygen atoms in total. The molecule has 2 aromatic rings. The second kappa shape index (κ2) is 5.38. The Morgan fingerprint density at radius 1 is 1.47 bits per heavy atom. The Hall–Kier alpha value is -2.57. The van der Waals surface area contributed by atoms with Crippen LogP contribution in [0, 0.1) is 0 Å². The molecule has 0 unspecified atom stereocenters. The number of hydrogen-bond acceptors (Lipinski definition) is 5. The molecule has 1 heterocycles. The molecule has 0 bridgehead atoms. The lowest BCUT2D eigenvalue weighted by Gasteiger charge is -2.06. The van der Waals surface area contributed by atoms with Crippen molar-refractivity contribution in [3.8, 4) is 0 Å². The lowest BCUT2D eigenvalue weighted by Crippen LogP contribution is -2.30. The molecule has 0 spiro atoms. The number of amides is 1. The van der Waals surface area contributed by atoms with Crippen LogP contribution in [0.1, 0.15) is 6.92 Å². The number of anilines is 2. The van der Waals surface area contributed by atoms with Gasteiger partial charge in [-0.15, -0.1) is 0 Å². The minimum atomic E-state index is -0.296. The van der Waals surface area contributed by atoms with Crippen LogP contribution in [-0.2, 0) is 4.79 Å². The summed E-state index contributed by atoms with van der Waals surface area (Å²) in [5.74, 6) is 0.0936. The summed E-state index contributed by atoms with van der Waals surface area (Å²) in [5.41, 5.74) is 6.34. The first-order valence-electron chi connectivity index (χ1n) is 5.90. The van der Waals surface area contributed by atoms with Crippen LogP contribution in [-0.4, -0.2) is 29.0 Å². The number of fused-ring (bicyclic) bond motifs is 1. The van der Waals surface area contributed by atoms with Gasteiger partial charge in [0.2, 0.25) is 11.9 Å². The summed E-state index contributed by atoms with van der Waals surface area (Å²) in [5, 5.41) is 5.82. The highest BCUT2D eigenvalue weighted by Crippen LogP contribution is 2.12. The van der Waals surface area contributed by atoms with E-state index in [4.69, 9.17) is 5.73 Å². The predicted octanol–water partition coefficient (Wildman–Crippen LogP) is 0.0533. The van der Waals surface area contributed by atoms with Crippen LogP contribution in [0.3, 0.4) is 0 Å². The summed E-state index contributed by atoms with van der Waals surface area (Å²) in [7, 11) is 0. The number of H-pyrrole nitrogens is 1. The van der Waals surface area contributed by atoms with Crippen LogP contribution in [0.25, 0.3) is 10.9 Å². The van der Waals surface area contributed by atoms with Crippen LogP contribution < -0.4 is 21.9 Å². The highest BCUT2D eigenvalue weighted by atomic mass is 16.2. The Kier molecular flexibility index (Phi) is 3.65. The highest BCUT2D eigenvalue weighted by Gasteiger charge is 2.05. The second-order valence-electron chi connectivity index (χ2n) is 4.00. The minimum Gasteiger partial charge on any atom is -0.399 e. The molecule has 19 heavy (non-hydrogen) atoms. The van der Waals surface area contributed by atoms with Gasteiger partial charge in [-0.3, -0.25) is 14.6 Å². The number of nitrogens with two attached hydrogens (primary N) is 1. The molecule has 0 aliphatic rings. The number of nitrogens with zero attached hydrogens (tertiary/aromatic N) is 1. The van der Waals surface area contributed by atoms with Crippen LogP contribution in [0.4, 0.5) is 11.6 Å². The number of hydrogen-bond donors (Lipinski definition) is 4. The highest BCUT2D eigenvalue weighted by molar-refractivity contribution is 5.83. The quantitative estimate of drug-likeness (QED) is 0.581. The fourth-order valence-electron chi connectivity index (χ4n) is 1.66. The zero-order valence-corrected chi connectivity index (χ0v) is 10.5. The molecule has 1 amide bonds. The summed E-state index contributed by atoms with van der Waals surface area (Å²) in [4.78, 5) is 29.9. The van der Waals surface area contributed by atoms with Crippen molar-refractivity contribution in [1.82, 2.24) is 15.3 Å². The van der Waals surface area contributed by atoms with E-state index in [0.29, 0.717) is 23.1 Å². The van der Waals surface area contributed by atoms with Gasteiger partial charge in [0, 0.05) is 12.2 Å². The predicted molar refractivity (Wildman–Crippen MR) is 73.9 cm³/mol. The normalized spacial score (nSPS) is 10.4. The molecular weight excluding hydrogens is 246 g/mol. The first-order valence-corrected chi connectivity index (χ1v) is 5.90. The fourth-order valence-corrected chi connectivity index (χ4v) is 1.66. The molecule has 0 saturated carbocycles. The van der Waals surface area contributed by atoms with Crippen molar-refractivity contribution in [3.63, 3.8) is 0 Å². The van der Waals surface area contributed by atoms with E-state index in [0.717, 1.165) is 0 Å². The SMILES string of the molecule is CCNC(=O)CNc1nc2ccc(N)cc2c(=O)[nH]1. The number of likely N-dealkylation sites (N-methyl/N-ethyl adjacent to an activating group) is 1. The van der Waals surface area contributed by atoms with Crippen molar-refractivity contribution in [2.24, 2.45) is 0 Å². The number of nitrogen functional groups attached to an aromatic ring is 1. The number of rotatable bonds is 4. The van der Waals surface area contributed by atoms with Gasteiger partial charge in [0.05, 0.1) is 17.4 Å². The van der Waals surface area contributed by atoms with Gasteiger partial charge in [-0.2, -0.15) is 0 Å². The second-order valence-corrected chi connectivity index (χ2v) is 4.00. The molecule has 1 aromatic heterocycles. The van der Waals surface area contributed by atoms with E-state index in [-0.39, 0.29) is 24.0 Å². The monoisotopic (exact) mass is 261 g/mol. The third kappa shape index (κ3) is 3.01. The molecule has 0 saturated heterocycles. The maximum absolute atomic E-state index is 11.8. The topological polar surface area (TPSA) is 113 Å². The molecule has 100 valence electrons. The van der Waals surface area contributed by atoms with Gasteiger partial charge in [-0.25, -0.2) is 4.98 Å². The molecule has 5 N–H and O–H groups in total. The molecule has 2 rings (SSSR count). The number of carbonyl (C=O) groups is 1. The Labute approximate surface area is 109 Å². The van der Waals surface area contributed by atoms with Gasteiger partial charge < -0.3 is 16.4 Å². The van der Waals surface area contributed by atoms with E-state index in [1.807, 2.05) is 6.92 Å². The molecular formula is C12H15N5O2. The number of carbonyl (C=O) groups excluding carboxylic acids is 1. The maximum Gasteiger partial charge on any atom is 0.260 e. The largest absolute Gasteiger partial charge is 0.399 e.